The molecule has 13 rings (SSSR count). The van der Waals surface area contributed by atoms with Crippen molar-refractivity contribution < 1.29 is 150 Å². The van der Waals surface area contributed by atoms with E-state index >= 15 is 0 Å². The van der Waals surface area contributed by atoms with Crippen molar-refractivity contribution in [3.8, 4) is 0 Å². The number of thiol groups is 2. The molecule has 7 aliphatic heterocycles. The molecule has 0 aliphatic carbocycles. The van der Waals surface area contributed by atoms with Gasteiger partial charge in [-0.1, -0.05) is 262 Å². The summed E-state index contributed by atoms with van der Waals surface area (Å²) >= 11 is 27.7. The molecule has 7 unspecified atom stereocenters. The number of β-lactam (4-membered cyclic amide) rings is 7. The number of hydrogen-bond donors (Lipinski definition) is 5. The van der Waals surface area contributed by atoms with E-state index in [4.69, 9.17) is 53.9 Å². The first-order chi connectivity index (χ1) is 68.0. The molecule has 6 aromatic carbocycles. The fourth-order valence-corrected chi connectivity index (χ4v) is 15.9. The standard InChI is InChI=1S/C15H17NO6S.C14H17NO4S.2C12H12BrNO4.C11H12BrNO2.C7H7Br.C7H11NO4S.C4H6BrNO2.2C3H6O2S.2C2H4.CH4O/c1-20-14(18)10-23-9-12-7-13(17)16(12)22-15(19)21-8-11-5-3-2-4-6-11;1-18-14(17)10-20-9-12-7-13(16)15(12)19-8-11-5-3-2-4-6-11;2*13-7-10-6-11(15)14(10)18-12(16)17-8-9-4-2-1-3-5-9;12-7-10-6-11(14)13(10)15-8-9-4-2-1-3-5-9;8-6-7-4-2-1-3-5-7;1-12-7(10)4-13-3-5-2-6(9)8(5)11;5-2-3-1-4(7)6(3)8;2*1-5-3(4)2-6;3*1-2/h2-6,12H,7-10H2,1H3;2-6,12H,7-10H2,1H3;2*1-5,10H,6-8H2;1-5,10H,6-8H2;1-5H,6H2;5,11H,2-4H2,1H3;3,8H,1-2H2;2*6H,2H2,1H3;2*1-2H2;2H,1H3. The number of amides is 7. The number of benzene rings is 6. The minimum absolute atomic E-state index is 0.00963. The highest BCUT2D eigenvalue weighted by Gasteiger charge is 2.43. The van der Waals surface area contributed by atoms with Crippen LogP contribution in [0.2, 0.25) is 0 Å². The molecular weight excluding hydrogens is 2270 g/mol. The number of nitrogens with zero attached hydrogens (tertiary/aromatic N) is 7. The number of carbonyl (C=O) groups is 15. The molecule has 38 nitrogen and oxygen atoms in total. The number of aliphatic hydroxyl groups excluding tert-OH is 1. The predicted octanol–water partition coefficient (Wildman–Crippen LogP) is 14.2. The molecule has 6 aromatic rings. The zero-order valence-electron chi connectivity index (χ0n) is 78.3. The molecule has 7 heterocycles. The number of hydroxylamine groups is 14. The third kappa shape index (κ3) is 52.9. The van der Waals surface area contributed by atoms with Gasteiger partial charge in [0.1, 0.15) is 33.0 Å². The Bertz CT molecular complexity index is 4550. The summed E-state index contributed by atoms with van der Waals surface area (Å²) in [5.74, 6) is 0.225. The Labute approximate surface area is 884 Å². The SMILES string of the molecule is BrCc1ccccc1.C=C.C=C.CO.COC(=O)CS.COC(=O)CS.COC(=O)CSCC1CC(=O)N1O.COC(=O)CSCC1CC(=O)N1OC(=O)OCc1ccccc1.COC(=O)CSCC1CC(=O)N1OCc1ccccc1.O=C(OCc1ccccc1)ON1C(=O)CC1CBr.O=C(OCc1ccccc1)ON1C(=O)CC1CBr.O=C1CC(CBr)N1O.O=C1CC(CBr)N1OCc1ccccc1. The number of esters is 5. The zero-order chi connectivity index (χ0) is 105. The molecule has 0 radical (unpaired) electrons. The van der Waals surface area contributed by atoms with Crippen LogP contribution in [-0.4, -0.2) is 293 Å². The second-order valence-corrected chi connectivity index (χ2v) is 34.8. The molecule has 7 amide bonds. The van der Waals surface area contributed by atoms with Crippen molar-refractivity contribution in [2.24, 2.45) is 0 Å². The summed E-state index contributed by atoms with van der Waals surface area (Å²) in [5.41, 5.74) is 5.97. The Morgan fingerprint density at radius 2 is 0.525 bits per heavy atom. The topological polar surface area (TPSA) is 459 Å². The van der Waals surface area contributed by atoms with Gasteiger partial charge in [0.2, 0.25) is 23.6 Å². The molecule has 141 heavy (non-hydrogen) atoms. The van der Waals surface area contributed by atoms with Gasteiger partial charge in [-0.15, -0.1) is 61.6 Å². The summed E-state index contributed by atoms with van der Waals surface area (Å²) < 4.78 is 36.7. The Kier molecular flexibility index (Phi) is 72.1. The van der Waals surface area contributed by atoms with Gasteiger partial charge in [-0.2, -0.15) is 40.4 Å². The number of alkyl halides is 5. The van der Waals surface area contributed by atoms with Gasteiger partial charge in [-0.25, -0.2) is 34.6 Å². The lowest BCUT2D eigenvalue weighted by molar-refractivity contribution is -0.229. The largest absolute Gasteiger partial charge is 0.533 e. The molecule has 3 N–H and O–H groups in total. The van der Waals surface area contributed by atoms with E-state index in [-0.39, 0.29) is 163 Å². The third-order valence-electron chi connectivity index (χ3n) is 18.2. The number of thioether (sulfide) groups is 3. The summed E-state index contributed by atoms with van der Waals surface area (Å²) in [6.45, 7) is 13.2. The zero-order valence-corrected chi connectivity index (χ0v) is 90.4. The van der Waals surface area contributed by atoms with E-state index in [1.165, 1.54) is 86.5 Å². The van der Waals surface area contributed by atoms with Crippen LogP contribution in [0.25, 0.3) is 0 Å². The first-order valence-electron chi connectivity index (χ1n) is 42.2. The number of aliphatic hydroxyl groups is 1. The third-order valence-corrected chi connectivity index (χ3v) is 25.5. The summed E-state index contributed by atoms with van der Waals surface area (Å²) in [6, 6.07) is 57.1. The Balaban J connectivity index is 0.000000797. The fraction of sp³-hybridized carbons (Fsp3) is 0.409. The van der Waals surface area contributed by atoms with Crippen molar-refractivity contribution in [2.75, 3.05) is 110 Å². The average Bonchev–Trinajstić information content (AvgIpc) is 0.810. The maximum atomic E-state index is 11.6. The van der Waals surface area contributed by atoms with Crippen LogP contribution in [0.1, 0.15) is 78.3 Å². The summed E-state index contributed by atoms with van der Waals surface area (Å²) in [7, 11) is 7.67. The number of carbonyl (C=O) groups excluding carboxylic acids is 15. The average molecular weight is 2390 g/mol. The smallest absolute Gasteiger partial charge is 0.468 e. The molecule has 7 atom stereocenters. The van der Waals surface area contributed by atoms with Gasteiger partial charge in [-0.05, 0) is 33.4 Å². The van der Waals surface area contributed by atoms with Gasteiger partial charge in [0, 0.05) is 51.0 Å². The monoisotopic (exact) mass is 2380 g/mol. The van der Waals surface area contributed by atoms with Crippen LogP contribution in [-0.2, 0) is 158 Å². The van der Waals surface area contributed by atoms with Crippen molar-refractivity contribution in [3.05, 3.63) is 242 Å². The van der Waals surface area contributed by atoms with Crippen molar-refractivity contribution in [1.82, 2.24) is 35.4 Å². The van der Waals surface area contributed by atoms with E-state index in [0.29, 0.717) is 95.8 Å². The van der Waals surface area contributed by atoms with Crippen molar-refractivity contribution >= 4 is 230 Å². The Hall–Kier alpha value is -9.80. The minimum atomic E-state index is -0.926. The van der Waals surface area contributed by atoms with Gasteiger partial charge in [-0.3, -0.25) is 77.6 Å². The van der Waals surface area contributed by atoms with Crippen LogP contribution in [0.4, 0.5) is 14.4 Å². The molecule has 0 aromatic heterocycles. The van der Waals surface area contributed by atoms with Crippen molar-refractivity contribution in [3.63, 3.8) is 0 Å². The molecule has 7 fully saturated rings. The number of rotatable bonds is 34. The molecule has 0 bridgehead atoms. The van der Waals surface area contributed by atoms with E-state index in [2.05, 4.69) is 167 Å². The maximum absolute atomic E-state index is 11.6. The lowest BCUT2D eigenvalue weighted by Crippen LogP contribution is -2.54. The van der Waals surface area contributed by atoms with E-state index in [1.807, 2.05) is 170 Å². The van der Waals surface area contributed by atoms with Crippen LogP contribution >= 0.6 is 140 Å². The quantitative estimate of drug-likeness (QED) is 0.00476. The second kappa shape index (κ2) is 78.7. The van der Waals surface area contributed by atoms with E-state index in [1.54, 1.807) is 0 Å². The molecule has 7 saturated heterocycles. The maximum Gasteiger partial charge on any atom is 0.533 e. The van der Waals surface area contributed by atoms with Gasteiger partial charge < -0.3 is 57.5 Å². The van der Waals surface area contributed by atoms with E-state index in [9.17, 15) is 71.9 Å². The fourth-order valence-electron chi connectivity index (χ4n) is 10.5. The predicted molar refractivity (Wildman–Crippen MR) is 551 cm³/mol. The summed E-state index contributed by atoms with van der Waals surface area (Å²) in [6.07, 6.45) is 0.296. The number of methoxy groups -OCH3 is 5. The van der Waals surface area contributed by atoms with Crippen LogP contribution in [0.15, 0.2) is 208 Å². The van der Waals surface area contributed by atoms with Crippen LogP contribution in [0, 0.1) is 0 Å². The first kappa shape index (κ1) is 129. The number of ether oxygens (including phenoxy) is 8. The van der Waals surface area contributed by atoms with Crippen LogP contribution in [0.3, 0.4) is 0 Å². The highest BCUT2D eigenvalue weighted by molar-refractivity contribution is 9.09. The second-order valence-electron chi connectivity index (χ2n) is 27.9. The van der Waals surface area contributed by atoms with Crippen molar-refractivity contribution in [1.29, 1.82) is 0 Å². The van der Waals surface area contributed by atoms with E-state index in [0.717, 1.165) is 65.8 Å². The van der Waals surface area contributed by atoms with Gasteiger partial charge in [0.15, 0.2) is 0 Å². The molecule has 7 aliphatic rings. The minimum Gasteiger partial charge on any atom is -0.468 e. The normalized spacial score (nSPS) is 16.8. The number of hydrogen-bond acceptors (Lipinski definition) is 36. The van der Waals surface area contributed by atoms with Gasteiger partial charge >= 0.3 is 48.3 Å². The molecule has 776 valence electrons. The molecule has 0 spiro atoms. The first-order valence-corrected chi connectivity index (χ1v) is 52.5. The van der Waals surface area contributed by atoms with Gasteiger partial charge in [0.05, 0.1) is 152 Å². The van der Waals surface area contributed by atoms with E-state index < -0.39 is 18.5 Å². The number of halogens is 5. The molecule has 48 heteroatoms. The summed E-state index contributed by atoms with van der Waals surface area (Å²) in [5, 5.41) is 35.5. The Morgan fingerprint density at radius 3 is 0.738 bits per heavy atom. The van der Waals surface area contributed by atoms with Crippen molar-refractivity contribution in [2.45, 2.75) is 126 Å². The van der Waals surface area contributed by atoms with Crippen LogP contribution in [0.5, 0.6) is 0 Å². The van der Waals surface area contributed by atoms with Crippen LogP contribution < -0.4 is 0 Å². The lowest BCUT2D eigenvalue weighted by atomic mass is 10.1. The molecular formula is C93H118Br5N7O31S5. The summed E-state index contributed by atoms with van der Waals surface area (Å²) in [4.78, 5) is 190. The lowest BCUT2D eigenvalue weighted by Gasteiger charge is -2.38. The van der Waals surface area contributed by atoms with Gasteiger partial charge in [0.25, 0.3) is 17.7 Å². The Morgan fingerprint density at radius 1 is 0.312 bits per heavy atom. The highest BCUT2D eigenvalue weighted by atomic mass is 79.9. The molecule has 0 saturated carbocycles. The highest BCUT2D eigenvalue weighted by Crippen LogP contribution is 2.29.